The normalized spacial score (nSPS) is 11.1. The van der Waals surface area contributed by atoms with Crippen molar-refractivity contribution in [1.82, 2.24) is 5.32 Å². The van der Waals surface area contributed by atoms with Gasteiger partial charge in [0.2, 0.25) is 5.91 Å². The Labute approximate surface area is 116 Å². The number of carbonyl (C=O) groups is 2. The summed E-state index contributed by atoms with van der Waals surface area (Å²) in [5.74, 6) is -1.35. The predicted octanol–water partition coefficient (Wildman–Crippen LogP) is 0.438. The van der Waals surface area contributed by atoms with E-state index in [0.717, 1.165) is 5.56 Å². The summed E-state index contributed by atoms with van der Waals surface area (Å²) < 4.78 is 0. The van der Waals surface area contributed by atoms with E-state index in [2.05, 4.69) is 5.32 Å². The first kappa shape index (κ1) is 15.2. The van der Waals surface area contributed by atoms with Crippen LogP contribution in [0.2, 0.25) is 0 Å². The minimum Gasteiger partial charge on any atom is -0.480 e. The van der Waals surface area contributed by atoms with Crippen molar-refractivity contribution in [1.29, 1.82) is 0 Å². The van der Waals surface area contributed by atoms with Gasteiger partial charge in [-0.05, 0) is 5.56 Å². The maximum Gasteiger partial charge on any atom is 0.326 e. The minimum atomic E-state index is -1.02. The molecule has 0 spiro atoms. The fourth-order valence-corrected chi connectivity index (χ4v) is 1.30. The van der Waals surface area contributed by atoms with Crippen molar-refractivity contribution in [3.05, 3.63) is 35.9 Å². The Balaban J connectivity index is 0.00000225. The number of carbonyl (C=O) groups excluding carboxylic acids is 1. The third-order valence-corrected chi connectivity index (χ3v) is 1.96. The number of hydrogen-bond acceptors (Lipinski definition) is 2. The molecule has 0 unspecified atom stereocenters. The summed E-state index contributed by atoms with van der Waals surface area (Å²) in [4.78, 5) is 21.6. The Hall–Kier alpha value is -0.840. The Morgan fingerprint density at radius 3 is 2.31 bits per heavy atom. The van der Waals surface area contributed by atoms with Gasteiger partial charge in [0, 0.05) is 42.9 Å². The SMILES string of the molecule is CC(=O)N[C@@H](Cc1ccccc1)C(=O)O.[Na]. The molecule has 0 aliphatic rings. The zero-order valence-electron chi connectivity index (χ0n) is 9.43. The minimum absolute atomic E-state index is 0. The van der Waals surface area contributed by atoms with Crippen molar-refractivity contribution in [3.8, 4) is 0 Å². The van der Waals surface area contributed by atoms with Gasteiger partial charge in [0.1, 0.15) is 6.04 Å². The average molecular weight is 230 g/mol. The van der Waals surface area contributed by atoms with E-state index in [9.17, 15) is 9.59 Å². The van der Waals surface area contributed by atoms with Crippen molar-refractivity contribution >= 4 is 41.4 Å². The second kappa shape index (κ2) is 7.44. The molecule has 1 aromatic rings. The molecule has 81 valence electrons. The molecule has 1 amide bonds. The van der Waals surface area contributed by atoms with Gasteiger partial charge in [0.15, 0.2) is 0 Å². The molecule has 2 N–H and O–H groups in total. The summed E-state index contributed by atoms with van der Waals surface area (Å²) in [7, 11) is 0. The molecule has 0 aliphatic heterocycles. The quantitative estimate of drug-likeness (QED) is 0.737. The molecule has 0 fully saturated rings. The van der Waals surface area contributed by atoms with Crippen LogP contribution in [-0.2, 0) is 16.0 Å². The molecular formula is C11H13NNaO3. The van der Waals surface area contributed by atoms with E-state index in [1.54, 1.807) is 0 Å². The van der Waals surface area contributed by atoms with Crippen LogP contribution in [0.1, 0.15) is 12.5 Å². The van der Waals surface area contributed by atoms with Gasteiger partial charge in [-0.15, -0.1) is 0 Å². The maximum atomic E-state index is 10.8. The van der Waals surface area contributed by atoms with E-state index in [4.69, 9.17) is 5.11 Å². The number of carboxylic acids is 1. The third kappa shape index (κ3) is 5.30. The van der Waals surface area contributed by atoms with Crippen LogP contribution >= 0.6 is 0 Å². The predicted molar refractivity (Wildman–Crippen MR) is 61.1 cm³/mol. The van der Waals surface area contributed by atoms with E-state index >= 15 is 0 Å². The molecule has 0 saturated heterocycles. The van der Waals surface area contributed by atoms with Crippen LogP contribution in [0.25, 0.3) is 0 Å². The number of rotatable bonds is 4. The first-order valence-corrected chi connectivity index (χ1v) is 4.63. The Morgan fingerprint density at radius 1 is 1.31 bits per heavy atom. The van der Waals surface area contributed by atoms with Gasteiger partial charge in [0.05, 0.1) is 0 Å². The van der Waals surface area contributed by atoms with Gasteiger partial charge in [-0.2, -0.15) is 0 Å². The fourth-order valence-electron chi connectivity index (χ4n) is 1.30. The Morgan fingerprint density at radius 2 is 1.88 bits per heavy atom. The molecular weight excluding hydrogens is 217 g/mol. The van der Waals surface area contributed by atoms with Crippen molar-refractivity contribution in [2.24, 2.45) is 0 Å². The van der Waals surface area contributed by atoms with Gasteiger partial charge in [-0.25, -0.2) is 4.79 Å². The van der Waals surface area contributed by atoms with Gasteiger partial charge in [-0.3, -0.25) is 4.79 Å². The molecule has 16 heavy (non-hydrogen) atoms. The van der Waals surface area contributed by atoms with Crippen LogP contribution in [0.5, 0.6) is 0 Å². The van der Waals surface area contributed by atoms with Crippen LogP contribution < -0.4 is 5.32 Å². The molecule has 0 heterocycles. The van der Waals surface area contributed by atoms with E-state index in [1.807, 2.05) is 30.3 Å². The molecule has 0 bridgehead atoms. The largest absolute Gasteiger partial charge is 0.480 e. The number of carboxylic acid groups (broad SMARTS) is 1. The van der Waals surface area contributed by atoms with E-state index < -0.39 is 12.0 Å². The van der Waals surface area contributed by atoms with E-state index in [-0.39, 0.29) is 35.5 Å². The maximum absolute atomic E-state index is 10.8. The van der Waals surface area contributed by atoms with Crippen LogP contribution in [0, 0.1) is 0 Å². The molecule has 1 aromatic carbocycles. The number of benzene rings is 1. The summed E-state index contributed by atoms with van der Waals surface area (Å²) in [5.41, 5.74) is 0.888. The van der Waals surface area contributed by atoms with Crippen LogP contribution in [0.15, 0.2) is 30.3 Å². The van der Waals surface area contributed by atoms with Crippen molar-refractivity contribution in [3.63, 3.8) is 0 Å². The van der Waals surface area contributed by atoms with Gasteiger partial charge in [0.25, 0.3) is 0 Å². The second-order valence-corrected chi connectivity index (χ2v) is 3.28. The monoisotopic (exact) mass is 230 g/mol. The molecule has 0 aliphatic carbocycles. The van der Waals surface area contributed by atoms with Crippen molar-refractivity contribution < 1.29 is 14.7 Å². The van der Waals surface area contributed by atoms with Crippen LogP contribution in [0.3, 0.4) is 0 Å². The molecule has 0 aromatic heterocycles. The summed E-state index contributed by atoms with van der Waals surface area (Å²) in [6.45, 7) is 1.31. The van der Waals surface area contributed by atoms with Crippen molar-refractivity contribution in [2.45, 2.75) is 19.4 Å². The molecule has 0 saturated carbocycles. The Kier molecular flexibility index (Phi) is 7.05. The zero-order valence-corrected chi connectivity index (χ0v) is 11.4. The topological polar surface area (TPSA) is 66.4 Å². The number of aliphatic carboxylic acids is 1. The molecule has 4 nitrogen and oxygen atoms in total. The third-order valence-electron chi connectivity index (χ3n) is 1.96. The second-order valence-electron chi connectivity index (χ2n) is 3.28. The zero-order chi connectivity index (χ0) is 11.3. The van der Waals surface area contributed by atoms with Gasteiger partial charge >= 0.3 is 5.97 Å². The first-order chi connectivity index (χ1) is 7.09. The van der Waals surface area contributed by atoms with Crippen LogP contribution in [-0.4, -0.2) is 52.6 Å². The summed E-state index contributed by atoms with van der Waals surface area (Å²) in [5, 5.41) is 11.3. The standard InChI is InChI=1S/C11H13NO3.Na/c1-8(13)12-10(11(14)15)7-9-5-3-2-4-6-9;/h2-6,10H,7H2,1H3,(H,12,13)(H,14,15);/t10-;/m0./s1. The summed E-state index contributed by atoms with van der Waals surface area (Å²) >= 11 is 0. The van der Waals surface area contributed by atoms with Crippen molar-refractivity contribution in [2.75, 3.05) is 0 Å². The summed E-state index contributed by atoms with van der Waals surface area (Å²) in [6.07, 6.45) is 0.301. The first-order valence-electron chi connectivity index (χ1n) is 4.63. The van der Waals surface area contributed by atoms with Gasteiger partial charge in [-0.1, -0.05) is 30.3 Å². The molecule has 5 heteroatoms. The van der Waals surface area contributed by atoms with E-state index in [1.165, 1.54) is 6.92 Å². The molecule has 1 radical (unpaired) electrons. The number of hydrogen-bond donors (Lipinski definition) is 2. The number of amides is 1. The van der Waals surface area contributed by atoms with Crippen LogP contribution in [0.4, 0.5) is 0 Å². The summed E-state index contributed by atoms with van der Waals surface area (Å²) in [6, 6.07) is 8.34. The fraction of sp³-hybridized carbons (Fsp3) is 0.273. The number of nitrogens with one attached hydrogen (secondary N) is 1. The van der Waals surface area contributed by atoms with Gasteiger partial charge < -0.3 is 10.4 Å². The smallest absolute Gasteiger partial charge is 0.326 e. The Bertz CT molecular complexity index is 354. The molecule has 1 atom stereocenters. The average Bonchev–Trinajstić information content (AvgIpc) is 2.17. The van der Waals surface area contributed by atoms with E-state index in [0.29, 0.717) is 6.42 Å². The molecule has 1 rings (SSSR count).